The first-order valence-corrected chi connectivity index (χ1v) is 14.5. The van der Waals surface area contributed by atoms with E-state index >= 15 is 0 Å². The second-order valence-electron chi connectivity index (χ2n) is 10.4. The van der Waals surface area contributed by atoms with Gasteiger partial charge in [0.1, 0.15) is 0 Å². The summed E-state index contributed by atoms with van der Waals surface area (Å²) in [7, 11) is 1.67. The van der Waals surface area contributed by atoms with Crippen LogP contribution in [0.2, 0.25) is 0 Å². The number of carbonyl (C=O) groups is 3. The highest BCUT2D eigenvalue weighted by Gasteiger charge is 2.23. The molecule has 0 aromatic heterocycles. The van der Waals surface area contributed by atoms with Gasteiger partial charge in [0.2, 0.25) is 11.8 Å². The number of hydrazine groups is 1. The lowest BCUT2D eigenvalue weighted by Gasteiger charge is -2.23. The molecule has 4 N–H and O–H groups in total. The third-order valence-corrected chi connectivity index (χ3v) is 6.86. The van der Waals surface area contributed by atoms with Crippen LogP contribution in [0.1, 0.15) is 63.0 Å². The molecule has 2 aromatic carbocycles. The minimum absolute atomic E-state index is 0.0506. The zero-order chi connectivity index (χ0) is 28.6. The maximum atomic E-state index is 12.5. The van der Waals surface area contributed by atoms with Gasteiger partial charge in [0.05, 0.1) is 13.2 Å². The molecule has 1 aliphatic carbocycles. The first-order valence-electron chi connectivity index (χ1n) is 14.5. The van der Waals surface area contributed by atoms with Crippen LogP contribution in [0.3, 0.4) is 0 Å². The lowest BCUT2D eigenvalue weighted by atomic mass is 9.98. The second-order valence-corrected chi connectivity index (χ2v) is 10.4. The van der Waals surface area contributed by atoms with Crippen LogP contribution < -0.4 is 21.4 Å². The van der Waals surface area contributed by atoms with E-state index in [2.05, 4.69) is 63.8 Å². The summed E-state index contributed by atoms with van der Waals surface area (Å²) in [6, 6.07) is 16.8. The molecule has 3 rings (SSSR count). The largest absolute Gasteiger partial charge is 0.449 e. The van der Waals surface area contributed by atoms with E-state index in [9.17, 15) is 14.4 Å². The molecule has 1 aliphatic rings. The number of alkyl carbamates (subject to hydrolysis) is 1. The van der Waals surface area contributed by atoms with Crippen LogP contribution in [0.4, 0.5) is 4.79 Å². The van der Waals surface area contributed by atoms with E-state index in [0.29, 0.717) is 25.5 Å². The fourth-order valence-corrected chi connectivity index (χ4v) is 4.27. The van der Waals surface area contributed by atoms with Crippen molar-refractivity contribution in [2.75, 3.05) is 33.3 Å². The Kier molecular flexibility index (Phi) is 13.6. The summed E-state index contributed by atoms with van der Waals surface area (Å²) < 4.78 is 5.05. The molecule has 9 heteroatoms. The zero-order valence-corrected chi connectivity index (χ0v) is 24.0. The van der Waals surface area contributed by atoms with Crippen molar-refractivity contribution in [3.8, 4) is 11.1 Å². The Bertz CT molecular complexity index is 1070. The molecule has 0 spiro atoms. The number of hydrogen-bond acceptors (Lipinski definition) is 7. The van der Waals surface area contributed by atoms with Crippen molar-refractivity contribution < 1.29 is 19.1 Å². The third-order valence-electron chi connectivity index (χ3n) is 6.86. The monoisotopic (exact) mass is 551 g/mol. The van der Waals surface area contributed by atoms with E-state index < -0.39 is 12.0 Å². The van der Waals surface area contributed by atoms with Gasteiger partial charge in [-0.3, -0.25) is 20.3 Å². The number of ether oxygens (including phenoxy) is 1. The topological polar surface area (TPSA) is 112 Å². The SMILES string of the molecule is CCCCOC(=O)NC(=O)CN(Cc1ccc(-c2ccccc2CNCCCCC(=O)NC)cc1)NCC1CC1. The van der Waals surface area contributed by atoms with Crippen LogP contribution in [0, 0.1) is 5.92 Å². The highest BCUT2D eigenvalue weighted by molar-refractivity contribution is 5.92. The summed E-state index contributed by atoms with van der Waals surface area (Å²) in [6.07, 6.45) is 5.79. The Hall–Kier alpha value is -3.27. The average molecular weight is 552 g/mol. The van der Waals surface area contributed by atoms with Gasteiger partial charge in [-0.05, 0) is 66.8 Å². The third kappa shape index (κ3) is 11.9. The van der Waals surface area contributed by atoms with E-state index in [1.165, 1.54) is 24.0 Å². The Labute approximate surface area is 238 Å². The number of nitrogens with one attached hydrogen (secondary N) is 4. The molecule has 9 nitrogen and oxygen atoms in total. The predicted molar refractivity (Wildman–Crippen MR) is 157 cm³/mol. The lowest BCUT2D eigenvalue weighted by Crippen LogP contribution is -2.46. The first-order chi connectivity index (χ1) is 19.5. The Morgan fingerprint density at radius 1 is 0.975 bits per heavy atom. The van der Waals surface area contributed by atoms with E-state index in [1.54, 1.807) is 7.05 Å². The number of nitrogens with zero attached hydrogens (tertiary/aromatic N) is 1. The number of unbranched alkanes of at least 4 members (excludes halogenated alkanes) is 2. The van der Waals surface area contributed by atoms with Crippen molar-refractivity contribution in [3.63, 3.8) is 0 Å². The van der Waals surface area contributed by atoms with Gasteiger partial charge in [-0.2, -0.15) is 0 Å². The van der Waals surface area contributed by atoms with Gasteiger partial charge < -0.3 is 15.4 Å². The fourth-order valence-electron chi connectivity index (χ4n) is 4.27. The highest BCUT2D eigenvalue weighted by atomic mass is 16.5. The molecule has 0 radical (unpaired) electrons. The van der Waals surface area contributed by atoms with Crippen LogP contribution >= 0.6 is 0 Å². The zero-order valence-electron chi connectivity index (χ0n) is 24.0. The molecule has 0 unspecified atom stereocenters. The normalized spacial score (nSPS) is 12.8. The first kappa shape index (κ1) is 31.3. The Morgan fingerprint density at radius 2 is 1.75 bits per heavy atom. The molecule has 1 fully saturated rings. The summed E-state index contributed by atoms with van der Waals surface area (Å²) in [5.74, 6) is 0.339. The molecule has 2 aromatic rings. The van der Waals surface area contributed by atoms with Crippen LogP contribution in [-0.4, -0.2) is 56.2 Å². The summed E-state index contributed by atoms with van der Waals surface area (Å²) in [5.41, 5.74) is 7.97. The minimum Gasteiger partial charge on any atom is -0.449 e. The standard InChI is InChI=1S/C31H45N5O4/c1-3-4-19-40-31(39)35-30(38)23-36(34-20-24-12-13-24)22-25-14-16-26(17-15-25)28-10-6-5-9-27(28)21-33-18-8-7-11-29(37)32-2/h5-6,9-10,14-17,24,33-34H,3-4,7-8,11-13,18-23H2,1-2H3,(H,32,37)(H,35,38,39). The molecule has 218 valence electrons. The van der Waals surface area contributed by atoms with Gasteiger partial charge in [0.25, 0.3) is 0 Å². The maximum absolute atomic E-state index is 12.5. The predicted octanol–water partition coefficient (Wildman–Crippen LogP) is 4.13. The van der Waals surface area contributed by atoms with Gasteiger partial charge in [0, 0.05) is 33.1 Å². The molecule has 0 atom stereocenters. The van der Waals surface area contributed by atoms with Crippen molar-refractivity contribution in [3.05, 3.63) is 59.7 Å². The van der Waals surface area contributed by atoms with E-state index in [0.717, 1.165) is 56.4 Å². The Balaban J connectivity index is 1.53. The molecule has 0 heterocycles. The van der Waals surface area contributed by atoms with Gasteiger partial charge in [-0.15, -0.1) is 0 Å². The van der Waals surface area contributed by atoms with Crippen molar-refractivity contribution in [2.45, 2.75) is 65.0 Å². The van der Waals surface area contributed by atoms with Crippen molar-refractivity contribution in [2.24, 2.45) is 5.92 Å². The molecule has 0 aliphatic heterocycles. The average Bonchev–Trinajstić information content (AvgIpc) is 3.79. The summed E-state index contributed by atoms with van der Waals surface area (Å²) in [5, 5.41) is 10.3. The molecular weight excluding hydrogens is 506 g/mol. The summed E-state index contributed by atoms with van der Waals surface area (Å²) in [4.78, 5) is 35.7. The molecular formula is C31H45N5O4. The van der Waals surface area contributed by atoms with Crippen LogP contribution in [-0.2, 0) is 27.4 Å². The minimum atomic E-state index is -0.693. The highest BCUT2D eigenvalue weighted by Crippen LogP contribution is 2.28. The lowest BCUT2D eigenvalue weighted by molar-refractivity contribution is -0.122. The van der Waals surface area contributed by atoms with Crippen molar-refractivity contribution >= 4 is 17.9 Å². The van der Waals surface area contributed by atoms with Crippen molar-refractivity contribution in [1.82, 2.24) is 26.4 Å². The molecule has 3 amide bonds. The van der Waals surface area contributed by atoms with Gasteiger partial charge >= 0.3 is 6.09 Å². The number of carbonyl (C=O) groups excluding carboxylic acids is 3. The summed E-state index contributed by atoms with van der Waals surface area (Å²) in [6.45, 7) is 5.34. The molecule has 1 saturated carbocycles. The molecule has 40 heavy (non-hydrogen) atoms. The van der Waals surface area contributed by atoms with Crippen LogP contribution in [0.25, 0.3) is 11.1 Å². The fraction of sp³-hybridized carbons (Fsp3) is 0.516. The number of amides is 3. The van der Waals surface area contributed by atoms with E-state index in [-0.39, 0.29) is 12.5 Å². The van der Waals surface area contributed by atoms with Gasteiger partial charge in [-0.25, -0.2) is 9.80 Å². The molecule has 0 saturated heterocycles. The molecule has 0 bridgehead atoms. The quantitative estimate of drug-likeness (QED) is 0.163. The van der Waals surface area contributed by atoms with Gasteiger partial charge in [0.15, 0.2) is 0 Å². The van der Waals surface area contributed by atoms with Gasteiger partial charge in [-0.1, -0.05) is 61.9 Å². The van der Waals surface area contributed by atoms with E-state index in [4.69, 9.17) is 4.74 Å². The van der Waals surface area contributed by atoms with Crippen LogP contribution in [0.5, 0.6) is 0 Å². The number of imide groups is 1. The van der Waals surface area contributed by atoms with Crippen molar-refractivity contribution in [1.29, 1.82) is 0 Å². The second kappa shape index (κ2) is 17.4. The van der Waals surface area contributed by atoms with E-state index in [1.807, 2.05) is 18.0 Å². The smallest absolute Gasteiger partial charge is 0.413 e. The number of hydrogen-bond donors (Lipinski definition) is 4. The number of rotatable bonds is 18. The maximum Gasteiger partial charge on any atom is 0.413 e. The van der Waals surface area contributed by atoms with Crippen LogP contribution in [0.15, 0.2) is 48.5 Å². The number of benzene rings is 2. The summed E-state index contributed by atoms with van der Waals surface area (Å²) >= 11 is 0. The Morgan fingerprint density at radius 3 is 2.48 bits per heavy atom.